The quantitative estimate of drug-likeness (QED) is 0.310. The zero-order chi connectivity index (χ0) is 19.4. The van der Waals surface area contributed by atoms with Crippen LogP contribution in [0.1, 0.15) is 48.5 Å². The molecule has 25 heavy (non-hydrogen) atoms. The minimum absolute atomic E-state index is 0.134. The predicted molar refractivity (Wildman–Crippen MR) is 111 cm³/mol. The lowest BCUT2D eigenvalue weighted by Crippen LogP contribution is -2.47. The third kappa shape index (κ3) is 4.89. The Morgan fingerprint density at radius 3 is 2.00 bits per heavy atom. The van der Waals surface area contributed by atoms with E-state index in [0.29, 0.717) is 33.1 Å². The van der Waals surface area contributed by atoms with Crippen LogP contribution in [0.2, 0.25) is 21.6 Å². The summed E-state index contributed by atoms with van der Waals surface area (Å²) in [4.78, 5) is 14.2. The van der Waals surface area contributed by atoms with Crippen molar-refractivity contribution in [1.29, 1.82) is 0 Å². The minimum atomic E-state index is -2.05. The number of rotatable bonds is 7. The fourth-order valence-corrected chi connectivity index (χ4v) is 9.36. The number of allylic oxidation sites excluding steroid dienone is 1. The lowest BCUT2D eigenvalue weighted by molar-refractivity contribution is -0.114. The van der Waals surface area contributed by atoms with Gasteiger partial charge in [0.25, 0.3) is 14.2 Å². The summed E-state index contributed by atoms with van der Waals surface area (Å²) >= 11 is 6.19. The van der Waals surface area contributed by atoms with E-state index in [1.165, 1.54) is 0 Å². The highest BCUT2D eigenvalue weighted by molar-refractivity contribution is 6.77. The first-order valence-electron chi connectivity index (χ1n) is 8.93. The van der Waals surface area contributed by atoms with Crippen LogP contribution >= 0.6 is 11.6 Å². The van der Waals surface area contributed by atoms with E-state index in [9.17, 15) is 4.79 Å². The third-order valence-corrected chi connectivity index (χ3v) is 11.3. The van der Waals surface area contributed by atoms with Gasteiger partial charge in [-0.25, -0.2) is 0 Å². The SMILES string of the molecule is C/C(=C/C(=O)N(C)c1ccccc1Cl)O[Si](C(C)C)(C(C)C)C(C)C. The standard InChI is InChI=1S/C20H32ClNO2Si/c1-14(2)25(15(3)4,16(5)6)24-17(7)13-20(23)22(8)19-12-10-9-11-18(19)21/h9-16H,1-8H3/b17-13-. The largest absolute Gasteiger partial charge is 0.546 e. The topological polar surface area (TPSA) is 29.5 Å². The van der Waals surface area contributed by atoms with Crippen LogP contribution in [-0.4, -0.2) is 21.3 Å². The van der Waals surface area contributed by atoms with Crippen molar-refractivity contribution in [2.75, 3.05) is 11.9 Å². The van der Waals surface area contributed by atoms with Crippen molar-refractivity contribution in [3.8, 4) is 0 Å². The molecule has 3 nitrogen and oxygen atoms in total. The fourth-order valence-electron chi connectivity index (χ4n) is 3.78. The molecule has 0 aliphatic heterocycles. The number of benzene rings is 1. The van der Waals surface area contributed by atoms with E-state index in [0.717, 1.165) is 0 Å². The van der Waals surface area contributed by atoms with Crippen molar-refractivity contribution in [1.82, 2.24) is 0 Å². The molecule has 0 aromatic heterocycles. The van der Waals surface area contributed by atoms with Crippen molar-refractivity contribution in [2.24, 2.45) is 0 Å². The van der Waals surface area contributed by atoms with Gasteiger partial charge in [-0.3, -0.25) is 4.79 Å². The van der Waals surface area contributed by atoms with Gasteiger partial charge >= 0.3 is 0 Å². The van der Waals surface area contributed by atoms with Crippen molar-refractivity contribution in [2.45, 2.75) is 65.1 Å². The van der Waals surface area contributed by atoms with E-state index in [1.807, 2.05) is 25.1 Å². The summed E-state index contributed by atoms with van der Waals surface area (Å²) in [6.07, 6.45) is 1.58. The second kappa shape index (κ2) is 8.90. The van der Waals surface area contributed by atoms with E-state index < -0.39 is 8.32 Å². The highest BCUT2D eigenvalue weighted by Gasteiger charge is 2.47. The molecule has 0 atom stereocenters. The van der Waals surface area contributed by atoms with Crippen molar-refractivity contribution < 1.29 is 9.22 Å². The molecule has 5 heteroatoms. The summed E-state index contributed by atoms with van der Waals surface area (Å²) in [7, 11) is -0.320. The van der Waals surface area contributed by atoms with Gasteiger partial charge < -0.3 is 9.33 Å². The minimum Gasteiger partial charge on any atom is -0.546 e. The highest BCUT2D eigenvalue weighted by Crippen LogP contribution is 2.43. The molecule has 140 valence electrons. The summed E-state index contributed by atoms with van der Waals surface area (Å²) in [5, 5.41) is 0.556. The Hall–Kier alpha value is -1.26. The lowest BCUT2D eigenvalue weighted by atomic mass is 10.3. The molecule has 1 aromatic carbocycles. The zero-order valence-corrected chi connectivity index (χ0v) is 18.5. The molecule has 1 rings (SSSR count). The van der Waals surface area contributed by atoms with Gasteiger partial charge in [0.2, 0.25) is 0 Å². The number of carbonyl (C=O) groups is 1. The molecule has 1 amide bonds. The molecular formula is C20H32ClNO2Si. The van der Waals surface area contributed by atoms with Gasteiger partial charge in [-0.1, -0.05) is 65.3 Å². The Bertz CT molecular complexity index is 604. The zero-order valence-electron chi connectivity index (χ0n) is 16.8. The summed E-state index contributed by atoms with van der Waals surface area (Å²) in [6, 6.07) is 7.33. The Morgan fingerprint density at radius 2 is 1.56 bits per heavy atom. The first-order chi connectivity index (χ1) is 11.5. The molecule has 0 fully saturated rings. The molecule has 0 aliphatic carbocycles. The predicted octanol–water partition coefficient (Wildman–Crippen LogP) is 6.40. The second-order valence-corrected chi connectivity index (χ2v) is 13.3. The number of anilines is 1. The smallest absolute Gasteiger partial charge is 0.258 e. The van der Waals surface area contributed by atoms with Crippen LogP contribution in [0, 0.1) is 0 Å². The number of likely N-dealkylation sites (N-methyl/N-ethyl adjacent to an activating group) is 1. The van der Waals surface area contributed by atoms with Crippen LogP contribution in [0.5, 0.6) is 0 Å². The first-order valence-corrected chi connectivity index (χ1v) is 11.4. The molecule has 0 unspecified atom stereocenters. The highest BCUT2D eigenvalue weighted by atomic mass is 35.5. The van der Waals surface area contributed by atoms with Gasteiger partial charge in [-0.15, -0.1) is 0 Å². The Balaban J connectivity index is 3.06. The molecule has 0 radical (unpaired) electrons. The van der Waals surface area contributed by atoms with E-state index in [1.54, 1.807) is 24.1 Å². The van der Waals surface area contributed by atoms with Crippen LogP contribution in [0.15, 0.2) is 36.1 Å². The van der Waals surface area contributed by atoms with Gasteiger partial charge in [-0.2, -0.15) is 0 Å². The number of halogens is 1. The molecule has 0 aliphatic rings. The second-order valence-electron chi connectivity index (χ2n) is 7.52. The molecule has 0 spiro atoms. The summed E-state index contributed by atoms with van der Waals surface area (Å²) < 4.78 is 6.53. The molecule has 1 aromatic rings. The molecule has 0 bridgehead atoms. The fraction of sp³-hybridized carbons (Fsp3) is 0.550. The molecular weight excluding hydrogens is 350 g/mol. The number of hydrogen-bond donors (Lipinski definition) is 0. The Morgan fingerprint density at radius 1 is 1.08 bits per heavy atom. The summed E-state index contributed by atoms with van der Waals surface area (Å²) in [5.41, 5.74) is 2.09. The van der Waals surface area contributed by atoms with E-state index in [4.69, 9.17) is 16.0 Å². The van der Waals surface area contributed by atoms with Gasteiger partial charge in [0, 0.05) is 13.1 Å². The average molecular weight is 382 g/mol. The number of carbonyl (C=O) groups excluding carboxylic acids is 1. The molecule has 0 saturated heterocycles. The average Bonchev–Trinajstić information content (AvgIpc) is 2.51. The number of amides is 1. The van der Waals surface area contributed by atoms with Crippen molar-refractivity contribution in [3.63, 3.8) is 0 Å². The summed E-state index contributed by atoms with van der Waals surface area (Å²) in [6.45, 7) is 15.3. The Kier molecular flexibility index (Phi) is 7.76. The van der Waals surface area contributed by atoms with Crippen LogP contribution in [0.3, 0.4) is 0 Å². The number of hydrogen-bond acceptors (Lipinski definition) is 2. The number of para-hydroxylation sites is 1. The van der Waals surface area contributed by atoms with Gasteiger partial charge in [0.15, 0.2) is 0 Å². The van der Waals surface area contributed by atoms with Crippen LogP contribution in [0.4, 0.5) is 5.69 Å². The maximum atomic E-state index is 12.6. The maximum Gasteiger partial charge on any atom is 0.258 e. The van der Waals surface area contributed by atoms with Crippen LogP contribution in [-0.2, 0) is 9.22 Å². The van der Waals surface area contributed by atoms with E-state index in [-0.39, 0.29) is 5.91 Å². The molecule has 0 N–H and O–H groups in total. The number of nitrogens with zero attached hydrogens (tertiary/aromatic N) is 1. The van der Waals surface area contributed by atoms with E-state index >= 15 is 0 Å². The van der Waals surface area contributed by atoms with Crippen molar-refractivity contribution in [3.05, 3.63) is 41.1 Å². The van der Waals surface area contributed by atoms with Gasteiger partial charge in [0.1, 0.15) is 0 Å². The monoisotopic (exact) mass is 381 g/mol. The lowest BCUT2D eigenvalue weighted by Gasteiger charge is -2.42. The van der Waals surface area contributed by atoms with E-state index in [2.05, 4.69) is 41.5 Å². The normalized spacial score (nSPS) is 12.9. The maximum absolute atomic E-state index is 12.6. The van der Waals surface area contributed by atoms with Crippen LogP contribution < -0.4 is 4.90 Å². The molecule has 0 saturated carbocycles. The first kappa shape index (κ1) is 21.8. The van der Waals surface area contributed by atoms with Gasteiger partial charge in [0.05, 0.1) is 16.5 Å². The third-order valence-electron chi connectivity index (χ3n) is 4.92. The molecule has 0 heterocycles. The van der Waals surface area contributed by atoms with Crippen molar-refractivity contribution >= 4 is 31.5 Å². The summed E-state index contributed by atoms with van der Waals surface area (Å²) in [5.74, 6) is 0.552. The van der Waals surface area contributed by atoms with Crippen LogP contribution in [0.25, 0.3) is 0 Å². The van der Waals surface area contributed by atoms with Gasteiger partial charge in [-0.05, 0) is 35.7 Å². The Labute approximate surface area is 159 Å².